The lowest BCUT2D eigenvalue weighted by Crippen LogP contribution is -2.35. The number of ketones is 2. The predicted molar refractivity (Wildman–Crippen MR) is 144 cm³/mol. The van der Waals surface area contributed by atoms with Crippen LogP contribution in [0.3, 0.4) is 0 Å². The minimum atomic E-state index is -0.975. The third kappa shape index (κ3) is 4.36. The van der Waals surface area contributed by atoms with Crippen molar-refractivity contribution in [3.63, 3.8) is 0 Å². The van der Waals surface area contributed by atoms with E-state index in [0.29, 0.717) is 0 Å². The molecule has 0 heterocycles. The highest BCUT2D eigenvalue weighted by Gasteiger charge is 2.47. The first-order chi connectivity index (χ1) is 16.5. The van der Waals surface area contributed by atoms with Crippen LogP contribution < -0.4 is 0 Å². The monoisotopic (exact) mass is 482 g/mol. The first kappa shape index (κ1) is 24.1. The van der Waals surface area contributed by atoms with E-state index in [1.807, 2.05) is 121 Å². The summed E-state index contributed by atoms with van der Waals surface area (Å²) in [6, 6.07) is 39.3. The van der Waals surface area contributed by atoms with Crippen LogP contribution in [0.15, 0.2) is 121 Å². The Kier molecular flexibility index (Phi) is 7.40. The van der Waals surface area contributed by atoms with E-state index in [4.69, 9.17) is 0 Å². The largest absolute Gasteiger partial charge is 0.298 e. The quantitative estimate of drug-likeness (QED) is 0.232. The number of rotatable bonds is 9. The number of benzene rings is 4. The van der Waals surface area contributed by atoms with Gasteiger partial charge in [0.15, 0.2) is 11.6 Å². The number of carbonyl (C=O) groups excluding carboxylic acids is 2. The predicted octanol–water partition coefficient (Wildman–Crippen LogP) is 7.43. The van der Waals surface area contributed by atoms with E-state index in [0.717, 1.165) is 22.3 Å². The Morgan fingerprint density at radius 1 is 0.441 bits per heavy atom. The molecule has 0 N–H and O–H groups in total. The summed E-state index contributed by atoms with van der Waals surface area (Å²) < 4.78 is -1.95. The fourth-order valence-corrected chi connectivity index (χ4v) is 8.30. The van der Waals surface area contributed by atoms with Gasteiger partial charge in [-0.25, -0.2) is 0 Å². The van der Waals surface area contributed by atoms with Gasteiger partial charge in [0.25, 0.3) is 0 Å². The summed E-state index contributed by atoms with van der Waals surface area (Å²) in [6.07, 6.45) is 0. The van der Waals surface area contributed by atoms with Crippen LogP contribution in [0.5, 0.6) is 0 Å². The summed E-state index contributed by atoms with van der Waals surface area (Å²) in [5.41, 5.74) is 3.57. The Hall–Kier alpha value is -3.08. The Morgan fingerprint density at radius 2 is 0.647 bits per heavy atom. The van der Waals surface area contributed by atoms with Crippen molar-refractivity contribution >= 4 is 33.2 Å². The Labute approximate surface area is 209 Å². The van der Waals surface area contributed by atoms with Crippen molar-refractivity contribution in [2.24, 2.45) is 0 Å². The molecule has 0 saturated carbocycles. The van der Waals surface area contributed by atoms with E-state index < -0.39 is 9.49 Å². The van der Waals surface area contributed by atoms with Crippen LogP contribution in [0.25, 0.3) is 0 Å². The summed E-state index contributed by atoms with van der Waals surface area (Å²) in [6.45, 7) is 3.27. The first-order valence-electron chi connectivity index (χ1n) is 11.1. The Morgan fingerprint density at radius 3 is 0.824 bits per heavy atom. The molecule has 0 unspecified atom stereocenters. The molecule has 0 spiro atoms. The lowest BCUT2D eigenvalue weighted by atomic mass is 9.87. The molecule has 4 aromatic rings. The molecule has 0 amide bonds. The molecule has 0 aromatic heterocycles. The van der Waals surface area contributed by atoms with Crippen LogP contribution in [-0.4, -0.2) is 11.6 Å². The molecule has 170 valence electrons. The molecule has 0 bridgehead atoms. The van der Waals surface area contributed by atoms with E-state index in [9.17, 15) is 9.59 Å². The molecule has 0 saturated heterocycles. The van der Waals surface area contributed by atoms with Crippen molar-refractivity contribution in [2.75, 3.05) is 0 Å². The van der Waals surface area contributed by atoms with E-state index in [1.165, 1.54) is 21.6 Å². The van der Waals surface area contributed by atoms with Crippen LogP contribution in [0.2, 0.25) is 0 Å². The summed E-state index contributed by atoms with van der Waals surface area (Å²) in [7, 11) is 2.91. The second-order valence-corrected chi connectivity index (χ2v) is 10.7. The Bertz CT molecular complexity index is 1060. The molecule has 34 heavy (non-hydrogen) atoms. The smallest absolute Gasteiger partial charge is 0.155 e. The van der Waals surface area contributed by atoms with Gasteiger partial charge < -0.3 is 0 Å². The average molecular weight is 483 g/mol. The van der Waals surface area contributed by atoms with E-state index in [2.05, 4.69) is 0 Å². The summed E-state index contributed by atoms with van der Waals surface area (Å²) in [5, 5.41) is 0. The van der Waals surface area contributed by atoms with E-state index in [1.54, 1.807) is 13.8 Å². The lowest BCUT2D eigenvalue weighted by Gasteiger charge is -2.37. The SMILES string of the molecule is CC(=O)C(SSC(C(C)=O)(c1ccccc1)c1ccccc1)(c1ccccc1)c1ccccc1. The van der Waals surface area contributed by atoms with Crippen molar-refractivity contribution in [3.05, 3.63) is 144 Å². The van der Waals surface area contributed by atoms with Gasteiger partial charge in [0.1, 0.15) is 9.49 Å². The van der Waals surface area contributed by atoms with Gasteiger partial charge in [0, 0.05) is 0 Å². The fraction of sp³-hybridized carbons (Fsp3) is 0.133. The fourth-order valence-electron chi connectivity index (χ4n) is 4.27. The summed E-state index contributed by atoms with van der Waals surface area (Å²) >= 11 is 0. The average Bonchev–Trinajstić information content (AvgIpc) is 2.89. The zero-order valence-electron chi connectivity index (χ0n) is 19.2. The van der Waals surface area contributed by atoms with E-state index in [-0.39, 0.29) is 11.6 Å². The normalized spacial score (nSPS) is 11.7. The molecule has 4 heteroatoms. The third-order valence-electron chi connectivity index (χ3n) is 6.00. The van der Waals surface area contributed by atoms with Gasteiger partial charge in [-0.15, -0.1) is 0 Å². The zero-order valence-corrected chi connectivity index (χ0v) is 20.8. The zero-order chi connectivity index (χ0) is 24.0. The molecule has 0 aliphatic rings. The first-order valence-corrected chi connectivity index (χ1v) is 13.3. The molecule has 4 aromatic carbocycles. The molecule has 0 fully saturated rings. The maximum absolute atomic E-state index is 13.5. The molecular formula is C30H26O2S2. The molecule has 2 nitrogen and oxygen atoms in total. The van der Waals surface area contributed by atoms with Crippen LogP contribution in [0.1, 0.15) is 36.1 Å². The minimum Gasteiger partial charge on any atom is -0.298 e. The molecule has 0 atom stereocenters. The van der Waals surface area contributed by atoms with Crippen molar-refractivity contribution in [1.29, 1.82) is 0 Å². The van der Waals surface area contributed by atoms with Gasteiger partial charge in [-0.3, -0.25) is 9.59 Å². The molecule has 4 rings (SSSR count). The van der Waals surface area contributed by atoms with Crippen LogP contribution in [-0.2, 0) is 19.1 Å². The van der Waals surface area contributed by atoms with E-state index >= 15 is 0 Å². The van der Waals surface area contributed by atoms with Gasteiger partial charge >= 0.3 is 0 Å². The molecule has 0 aliphatic carbocycles. The summed E-state index contributed by atoms with van der Waals surface area (Å²) in [4.78, 5) is 27.0. The second kappa shape index (κ2) is 10.5. The number of hydrogen-bond acceptors (Lipinski definition) is 4. The van der Waals surface area contributed by atoms with Gasteiger partial charge in [0.05, 0.1) is 0 Å². The molecule has 0 aliphatic heterocycles. The van der Waals surface area contributed by atoms with Crippen molar-refractivity contribution < 1.29 is 9.59 Å². The van der Waals surface area contributed by atoms with Crippen molar-refractivity contribution in [1.82, 2.24) is 0 Å². The maximum Gasteiger partial charge on any atom is 0.155 e. The highest BCUT2D eigenvalue weighted by atomic mass is 33.1. The van der Waals surface area contributed by atoms with Crippen molar-refractivity contribution in [2.45, 2.75) is 23.3 Å². The van der Waals surface area contributed by atoms with Gasteiger partial charge in [-0.1, -0.05) is 143 Å². The highest BCUT2D eigenvalue weighted by molar-refractivity contribution is 8.77. The van der Waals surface area contributed by atoms with Gasteiger partial charge in [0.2, 0.25) is 0 Å². The summed E-state index contributed by atoms with van der Waals surface area (Å²) in [5.74, 6) is 0.0296. The minimum absolute atomic E-state index is 0.0148. The lowest BCUT2D eigenvalue weighted by molar-refractivity contribution is -0.119. The van der Waals surface area contributed by atoms with Crippen LogP contribution in [0, 0.1) is 0 Å². The highest BCUT2D eigenvalue weighted by Crippen LogP contribution is 2.58. The van der Waals surface area contributed by atoms with Crippen LogP contribution in [0.4, 0.5) is 0 Å². The number of carbonyl (C=O) groups is 2. The van der Waals surface area contributed by atoms with Crippen molar-refractivity contribution in [3.8, 4) is 0 Å². The molecular weight excluding hydrogens is 456 g/mol. The maximum atomic E-state index is 13.5. The Balaban J connectivity index is 1.92. The standard InChI is InChI=1S/C30H26O2S2/c1-23(31)29(25-15-7-3-8-16-25,26-17-9-4-10-18-26)33-34-30(24(2)32,27-19-11-5-12-20-27)28-21-13-6-14-22-28/h3-22H,1-2H3. The second-order valence-electron chi connectivity index (χ2n) is 8.11. The van der Waals surface area contributed by atoms with Gasteiger partial charge in [-0.05, 0) is 36.1 Å². The molecule has 0 radical (unpaired) electrons. The topological polar surface area (TPSA) is 34.1 Å². The van der Waals surface area contributed by atoms with Gasteiger partial charge in [-0.2, -0.15) is 0 Å². The van der Waals surface area contributed by atoms with Crippen LogP contribution >= 0.6 is 21.6 Å². The number of hydrogen-bond donors (Lipinski definition) is 0. The number of Topliss-reactive ketones (excluding diaryl/α,β-unsaturated/α-hetero) is 2. The third-order valence-corrected chi connectivity index (χ3v) is 9.86.